The number of aryl methyl sites for hydroxylation is 1. The van der Waals surface area contributed by atoms with E-state index in [9.17, 15) is 22.0 Å². The number of nitrogens with one attached hydrogen (secondary N) is 1. The molecule has 1 fully saturated rings. The van der Waals surface area contributed by atoms with Gasteiger partial charge in [0.25, 0.3) is 0 Å². The van der Waals surface area contributed by atoms with Gasteiger partial charge in [-0.25, -0.2) is 28.0 Å². The standard InChI is InChI=1S/C24H28F5N7S/c1-14-31-20(13-36(14)21-6-5-15(9-17(21)25)11-34(2)3)22-16(24(27,28)29)10-30-23(33-22)32-19-7-8-35(37-4)12-18(19)26/h5-6,9-10,13,18-19H,7-8,11-12H2,1-4H3,(H,30,32,33). The molecule has 37 heavy (non-hydrogen) atoms. The van der Waals surface area contributed by atoms with Crippen molar-refractivity contribution in [3.05, 3.63) is 53.4 Å². The second-order valence-electron chi connectivity index (χ2n) is 9.15. The van der Waals surface area contributed by atoms with Crippen molar-refractivity contribution in [2.24, 2.45) is 0 Å². The molecule has 0 aliphatic carbocycles. The van der Waals surface area contributed by atoms with Crippen molar-refractivity contribution in [2.45, 2.75) is 38.3 Å². The van der Waals surface area contributed by atoms with Crippen LogP contribution in [0.4, 0.5) is 27.9 Å². The van der Waals surface area contributed by atoms with Crippen molar-refractivity contribution < 1.29 is 22.0 Å². The van der Waals surface area contributed by atoms with Gasteiger partial charge in [-0.2, -0.15) is 13.2 Å². The van der Waals surface area contributed by atoms with E-state index < -0.39 is 35.5 Å². The molecule has 4 rings (SSSR count). The maximum Gasteiger partial charge on any atom is 0.420 e. The molecule has 1 aliphatic rings. The second kappa shape index (κ2) is 10.9. The minimum atomic E-state index is -4.75. The van der Waals surface area contributed by atoms with Crippen LogP contribution >= 0.6 is 11.9 Å². The van der Waals surface area contributed by atoms with Gasteiger partial charge in [-0.05, 0) is 51.4 Å². The minimum Gasteiger partial charge on any atom is -0.348 e. The maximum absolute atomic E-state index is 14.9. The zero-order valence-corrected chi connectivity index (χ0v) is 21.7. The van der Waals surface area contributed by atoms with Gasteiger partial charge in [0.1, 0.15) is 34.8 Å². The van der Waals surface area contributed by atoms with E-state index in [-0.39, 0.29) is 29.7 Å². The first-order valence-corrected chi connectivity index (χ1v) is 12.8. The third-order valence-corrected chi connectivity index (χ3v) is 6.91. The van der Waals surface area contributed by atoms with E-state index in [1.54, 1.807) is 19.1 Å². The number of benzene rings is 1. The van der Waals surface area contributed by atoms with Gasteiger partial charge in [0, 0.05) is 32.0 Å². The summed E-state index contributed by atoms with van der Waals surface area (Å²) in [6.07, 6.45) is -1.71. The highest BCUT2D eigenvalue weighted by Crippen LogP contribution is 2.36. The lowest BCUT2D eigenvalue weighted by Crippen LogP contribution is -2.45. The van der Waals surface area contributed by atoms with E-state index in [1.165, 1.54) is 28.8 Å². The lowest BCUT2D eigenvalue weighted by Gasteiger charge is -2.33. The summed E-state index contributed by atoms with van der Waals surface area (Å²) in [7, 11) is 3.73. The van der Waals surface area contributed by atoms with Crippen molar-refractivity contribution in [1.82, 2.24) is 28.7 Å². The van der Waals surface area contributed by atoms with Crippen molar-refractivity contribution >= 4 is 17.9 Å². The van der Waals surface area contributed by atoms with Crippen LogP contribution in [0, 0.1) is 12.7 Å². The molecule has 200 valence electrons. The summed E-state index contributed by atoms with van der Waals surface area (Å²) in [5.74, 6) is -0.374. The number of anilines is 1. The van der Waals surface area contributed by atoms with E-state index in [0.29, 0.717) is 25.7 Å². The molecule has 3 heterocycles. The monoisotopic (exact) mass is 541 g/mol. The van der Waals surface area contributed by atoms with Crippen LogP contribution in [0.15, 0.2) is 30.6 Å². The van der Waals surface area contributed by atoms with E-state index in [0.717, 1.165) is 5.56 Å². The second-order valence-corrected chi connectivity index (χ2v) is 10.0. The molecule has 1 N–H and O–H groups in total. The van der Waals surface area contributed by atoms with E-state index in [4.69, 9.17) is 0 Å². The fourth-order valence-electron chi connectivity index (χ4n) is 4.27. The number of nitrogens with zero attached hydrogens (tertiary/aromatic N) is 6. The average Bonchev–Trinajstić information content (AvgIpc) is 3.20. The summed E-state index contributed by atoms with van der Waals surface area (Å²) in [4.78, 5) is 14.0. The molecule has 1 aliphatic heterocycles. The Hall–Kier alpha value is -2.77. The third-order valence-electron chi connectivity index (χ3n) is 6.07. The topological polar surface area (TPSA) is 62.1 Å². The van der Waals surface area contributed by atoms with Gasteiger partial charge >= 0.3 is 6.18 Å². The Kier molecular flexibility index (Phi) is 8.05. The highest BCUT2D eigenvalue weighted by Gasteiger charge is 2.37. The largest absolute Gasteiger partial charge is 0.420 e. The summed E-state index contributed by atoms with van der Waals surface area (Å²) in [5, 5.41) is 2.85. The summed E-state index contributed by atoms with van der Waals surface area (Å²) in [6, 6.07) is 4.06. The first kappa shape index (κ1) is 27.3. The fraction of sp³-hybridized carbons (Fsp3) is 0.458. The number of imidazole rings is 1. The molecule has 3 aromatic rings. The van der Waals surface area contributed by atoms with Gasteiger partial charge in [-0.3, -0.25) is 0 Å². The van der Waals surface area contributed by atoms with Gasteiger partial charge in [-0.1, -0.05) is 18.0 Å². The number of alkyl halides is 4. The molecule has 0 amide bonds. The molecule has 1 aromatic carbocycles. The Labute approximate surface area is 216 Å². The highest BCUT2D eigenvalue weighted by molar-refractivity contribution is 7.96. The average molecular weight is 542 g/mol. The van der Waals surface area contributed by atoms with Crippen molar-refractivity contribution in [3.8, 4) is 17.1 Å². The van der Waals surface area contributed by atoms with Gasteiger partial charge in [0.05, 0.1) is 11.7 Å². The van der Waals surface area contributed by atoms with Crippen LogP contribution in [0.5, 0.6) is 0 Å². The van der Waals surface area contributed by atoms with Gasteiger partial charge < -0.3 is 14.8 Å². The Morgan fingerprint density at radius 1 is 1.22 bits per heavy atom. The SMILES string of the molecule is CSN1CCC(Nc2ncc(C(F)(F)F)c(-c3cn(-c4ccc(CN(C)C)cc4F)c(C)n3)n2)C(F)C1. The first-order valence-electron chi connectivity index (χ1n) is 11.6. The Morgan fingerprint density at radius 2 is 1.97 bits per heavy atom. The van der Waals surface area contributed by atoms with Crippen molar-refractivity contribution in [1.29, 1.82) is 0 Å². The smallest absolute Gasteiger partial charge is 0.348 e. The van der Waals surface area contributed by atoms with Crippen LogP contribution in [0.1, 0.15) is 23.4 Å². The van der Waals surface area contributed by atoms with Crippen LogP contribution in [-0.2, 0) is 12.7 Å². The van der Waals surface area contributed by atoms with Crippen LogP contribution < -0.4 is 5.32 Å². The van der Waals surface area contributed by atoms with E-state index in [1.807, 2.05) is 29.6 Å². The lowest BCUT2D eigenvalue weighted by atomic mass is 10.1. The van der Waals surface area contributed by atoms with Gasteiger partial charge in [-0.15, -0.1) is 0 Å². The molecule has 13 heteroatoms. The quantitative estimate of drug-likeness (QED) is 0.335. The molecule has 0 spiro atoms. The molecule has 0 saturated carbocycles. The molecular formula is C24H28F5N7S. The van der Waals surface area contributed by atoms with Gasteiger partial charge in [0.2, 0.25) is 5.95 Å². The Bertz CT molecular complexity index is 1250. The fourth-order valence-corrected chi connectivity index (χ4v) is 4.84. The molecule has 2 aromatic heterocycles. The number of hydrogen-bond donors (Lipinski definition) is 1. The minimum absolute atomic E-state index is 0.0963. The highest BCUT2D eigenvalue weighted by atomic mass is 32.2. The van der Waals surface area contributed by atoms with Crippen LogP contribution in [0.2, 0.25) is 0 Å². The van der Waals surface area contributed by atoms with E-state index in [2.05, 4.69) is 20.3 Å². The molecule has 0 radical (unpaired) electrons. The normalized spacial score (nSPS) is 19.0. The number of halogens is 5. The number of piperidine rings is 1. The number of aromatic nitrogens is 4. The summed E-state index contributed by atoms with van der Waals surface area (Å²) >= 11 is 1.44. The molecule has 7 nitrogen and oxygen atoms in total. The summed E-state index contributed by atoms with van der Waals surface area (Å²) in [6.45, 7) is 2.91. The lowest BCUT2D eigenvalue weighted by molar-refractivity contribution is -0.137. The number of rotatable bonds is 7. The zero-order valence-electron chi connectivity index (χ0n) is 20.9. The molecule has 0 bridgehead atoms. The van der Waals surface area contributed by atoms with Crippen molar-refractivity contribution in [3.63, 3.8) is 0 Å². The zero-order chi connectivity index (χ0) is 26.9. The number of hydrogen-bond acceptors (Lipinski definition) is 7. The maximum atomic E-state index is 14.9. The third kappa shape index (κ3) is 6.21. The molecule has 1 saturated heterocycles. The Morgan fingerprint density at radius 3 is 2.59 bits per heavy atom. The predicted octanol–water partition coefficient (Wildman–Crippen LogP) is 4.96. The first-order chi connectivity index (χ1) is 17.5. The Balaban J connectivity index is 1.68. The van der Waals surface area contributed by atoms with Crippen LogP contribution in [0.3, 0.4) is 0 Å². The molecular weight excluding hydrogens is 513 g/mol. The molecule has 2 atom stereocenters. The summed E-state index contributed by atoms with van der Waals surface area (Å²) in [5.41, 5.74) is -0.738. The van der Waals surface area contributed by atoms with Gasteiger partial charge in [0.15, 0.2) is 0 Å². The van der Waals surface area contributed by atoms with E-state index >= 15 is 0 Å². The predicted molar refractivity (Wildman–Crippen MR) is 134 cm³/mol. The van der Waals surface area contributed by atoms with Crippen LogP contribution in [-0.4, -0.2) is 74.4 Å². The van der Waals surface area contributed by atoms with Crippen LogP contribution in [0.25, 0.3) is 17.1 Å². The summed E-state index contributed by atoms with van der Waals surface area (Å²) < 4.78 is 74.4. The molecule has 2 unspecified atom stereocenters. The van der Waals surface area contributed by atoms with Crippen molar-refractivity contribution in [2.75, 3.05) is 38.8 Å².